The van der Waals surface area contributed by atoms with Crippen molar-refractivity contribution in [3.05, 3.63) is 41.5 Å². The maximum Gasteiger partial charge on any atom is 0.210 e. The van der Waals surface area contributed by atoms with Gasteiger partial charge in [0.25, 0.3) is 0 Å². The lowest BCUT2D eigenvalue weighted by Gasteiger charge is -2.20. The molecule has 6 heteroatoms. The predicted octanol–water partition coefficient (Wildman–Crippen LogP) is 3.47. The normalized spacial score (nSPS) is 16.2. The second-order valence-electron chi connectivity index (χ2n) is 5.46. The Labute approximate surface area is 127 Å². The van der Waals surface area contributed by atoms with Crippen LogP contribution in [0.3, 0.4) is 0 Å². The lowest BCUT2D eigenvalue weighted by Crippen LogP contribution is -2.18. The van der Waals surface area contributed by atoms with Crippen molar-refractivity contribution in [1.82, 2.24) is 14.9 Å². The van der Waals surface area contributed by atoms with E-state index in [9.17, 15) is 4.39 Å². The Bertz CT molecular complexity index is 607. The van der Waals surface area contributed by atoms with Gasteiger partial charge in [0, 0.05) is 11.7 Å². The molecule has 1 aromatic heterocycles. The van der Waals surface area contributed by atoms with E-state index in [1.54, 1.807) is 10.7 Å². The van der Waals surface area contributed by atoms with Crippen molar-refractivity contribution < 1.29 is 4.39 Å². The molecule has 0 unspecified atom stereocenters. The van der Waals surface area contributed by atoms with Gasteiger partial charge in [-0.1, -0.05) is 43.2 Å². The highest BCUT2D eigenvalue weighted by molar-refractivity contribution is 7.98. The maximum absolute atomic E-state index is 13.2. The molecule has 0 amide bonds. The van der Waals surface area contributed by atoms with Gasteiger partial charge in [-0.3, -0.25) is 0 Å². The fourth-order valence-electron chi connectivity index (χ4n) is 2.80. The van der Waals surface area contributed by atoms with Crippen molar-refractivity contribution >= 4 is 11.8 Å². The molecular weight excluding hydrogens is 287 g/mol. The first kappa shape index (κ1) is 14.4. The van der Waals surface area contributed by atoms with Gasteiger partial charge in [-0.15, -0.1) is 10.2 Å². The topological polar surface area (TPSA) is 56.7 Å². The van der Waals surface area contributed by atoms with Gasteiger partial charge in [0.15, 0.2) is 5.82 Å². The van der Waals surface area contributed by atoms with Gasteiger partial charge in [0.2, 0.25) is 5.16 Å². The summed E-state index contributed by atoms with van der Waals surface area (Å²) in [7, 11) is 0. The van der Waals surface area contributed by atoms with E-state index < -0.39 is 0 Å². The van der Waals surface area contributed by atoms with E-state index in [1.807, 2.05) is 6.07 Å². The molecule has 0 saturated heterocycles. The smallest absolute Gasteiger partial charge is 0.210 e. The predicted molar refractivity (Wildman–Crippen MR) is 82.0 cm³/mol. The van der Waals surface area contributed by atoms with Crippen molar-refractivity contribution in [3.63, 3.8) is 0 Å². The average Bonchev–Trinajstić information content (AvgIpc) is 2.87. The molecule has 3 rings (SSSR count). The maximum atomic E-state index is 13.2. The van der Waals surface area contributed by atoms with Crippen LogP contribution in [-0.4, -0.2) is 14.9 Å². The lowest BCUT2D eigenvalue weighted by molar-refractivity contribution is 0.421. The van der Waals surface area contributed by atoms with E-state index in [0.29, 0.717) is 16.8 Å². The molecule has 112 valence electrons. The van der Waals surface area contributed by atoms with Crippen LogP contribution >= 0.6 is 11.8 Å². The summed E-state index contributed by atoms with van der Waals surface area (Å²) in [5.74, 6) is 7.86. The van der Waals surface area contributed by atoms with E-state index >= 15 is 0 Å². The number of hydrogen-bond donors (Lipinski definition) is 1. The summed E-state index contributed by atoms with van der Waals surface area (Å²) in [5, 5.41) is 9.14. The molecule has 0 radical (unpaired) electrons. The Hall–Kier alpha value is -1.56. The van der Waals surface area contributed by atoms with E-state index in [4.69, 9.17) is 5.84 Å². The minimum absolute atomic E-state index is 0.217. The van der Waals surface area contributed by atoms with Gasteiger partial charge in [0.1, 0.15) is 5.82 Å². The number of thioether (sulfide) groups is 1. The van der Waals surface area contributed by atoms with Gasteiger partial charge in [-0.2, -0.15) is 0 Å². The van der Waals surface area contributed by atoms with Crippen molar-refractivity contribution in [3.8, 4) is 0 Å². The first-order chi connectivity index (χ1) is 10.2. The Kier molecular flexibility index (Phi) is 4.43. The number of nitrogens with zero attached hydrogens (tertiary/aromatic N) is 3. The zero-order chi connectivity index (χ0) is 14.7. The molecule has 0 aliphatic heterocycles. The monoisotopic (exact) mass is 306 g/mol. The highest BCUT2D eigenvalue weighted by atomic mass is 32.2. The summed E-state index contributed by atoms with van der Waals surface area (Å²) in [5.41, 5.74) is 0.919. The molecule has 0 atom stereocenters. The Balaban J connectivity index is 1.67. The number of nitrogens with two attached hydrogens (primary N) is 1. The van der Waals surface area contributed by atoms with Crippen LogP contribution in [0.5, 0.6) is 0 Å². The van der Waals surface area contributed by atoms with Crippen molar-refractivity contribution in [2.24, 2.45) is 0 Å². The summed E-state index contributed by atoms with van der Waals surface area (Å²) >= 11 is 1.49. The molecule has 0 spiro atoms. The summed E-state index contributed by atoms with van der Waals surface area (Å²) in [4.78, 5) is 0. The largest absolute Gasteiger partial charge is 0.336 e. The summed E-state index contributed by atoms with van der Waals surface area (Å²) in [6.07, 6.45) is 6.07. The zero-order valence-corrected chi connectivity index (χ0v) is 12.7. The number of hydrogen-bond acceptors (Lipinski definition) is 4. The zero-order valence-electron chi connectivity index (χ0n) is 11.8. The summed E-state index contributed by atoms with van der Waals surface area (Å²) in [6.45, 7) is 0. The molecule has 1 fully saturated rings. The first-order valence-corrected chi connectivity index (χ1v) is 8.30. The molecule has 1 heterocycles. The second kappa shape index (κ2) is 6.47. The van der Waals surface area contributed by atoms with Crippen molar-refractivity contribution in [2.45, 2.75) is 48.9 Å². The van der Waals surface area contributed by atoms with Crippen LogP contribution in [0.15, 0.2) is 29.4 Å². The number of halogens is 1. The Morgan fingerprint density at radius 3 is 2.81 bits per heavy atom. The van der Waals surface area contributed by atoms with E-state index in [2.05, 4.69) is 10.2 Å². The number of benzene rings is 1. The highest BCUT2D eigenvalue weighted by Crippen LogP contribution is 2.32. The highest BCUT2D eigenvalue weighted by Gasteiger charge is 2.22. The number of rotatable bonds is 4. The standard InChI is InChI=1S/C15H19FN4S/c16-13-8-4-5-11(9-13)10-21-15-19-18-14(20(15)17)12-6-2-1-3-7-12/h4-5,8-9,12H,1-3,6-7,10,17H2. The third-order valence-electron chi connectivity index (χ3n) is 3.92. The first-order valence-electron chi connectivity index (χ1n) is 7.31. The van der Waals surface area contributed by atoms with Crippen LogP contribution in [0.1, 0.15) is 49.4 Å². The average molecular weight is 306 g/mol. The third-order valence-corrected chi connectivity index (χ3v) is 4.93. The molecule has 0 bridgehead atoms. The molecule has 21 heavy (non-hydrogen) atoms. The molecule has 1 aliphatic rings. The van der Waals surface area contributed by atoms with Gasteiger partial charge in [-0.05, 0) is 30.5 Å². The Morgan fingerprint density at radius 2 is 2.05 bits per heavy atom. The summed E-state index contributed by atoms with van der Waals surface area (Å²) < 4.78 is 14.8. The molecule has 2 N–H and O–H groups in total. The summed E-state index contributed by atoms with van der Waals surface area (Å²) in [6, 6.07) is 6.59. The van der Waals surface area contributed by atoms with Crippen molar-refractivity contribution in [1.29, 1.82) is 0 Å². The number of aromatic nitrogens is 3. The fourth-order valence-corrected chi connectivity index (χ4v) is 3.61. The molecule has 2 aromatic rings. The molecule has 1 aromatic carbocycles. The number of nitrogen functional groups attached to an aromatic ring is 1. The molecule has 1 saturated carbocycles. The van der Waals surface area contributed by atoms with Crippen molar-refractivity contribution in [2.75, 3.05) is 5.84 Å². The van der Waals surface area contributed by atoms with Crippen LogP contribution in [0.25, 0.3) is 0 Å². The van der Waals surface area contributed by atoms with Gasteiger partial charge in [0.05, 0.1) is 0 Å². The third kappa shape index (κ3) is 3.37. The van der Waals surface area contributed by atoms with E-state index in [1.165, 1.54) is 43.2 Å². The lowest BCUT2D eigenvalue weighted by atomic mass is 9.89. The van der Waals surface area contributed by atoms with E-state index in [0.717, 1.165) is 24.2 Å². The fraction of sp³-hybridized carbons (Fsp3) is 0.467. The van der Waals surface area contributed by atoms with E-state index in [-0.39, 0.29) is 5.82 Å². The van der Waals surface area contributed by atoms with Gasteiger partial charge in [-0.25, -0.2) is 9.07 Å². The quantitative estimate of drug-likeness (QED) is 0.694. The Morgan fingerprint density at radius 1 is 1.24 bits per heavy atom. The minimum atomic E-state index is -0.217. The van der Waals surface area contributed by atoms with Crippen LogP contribution in [0, 0.1) is 5.82 Å². The van der Waals surface area contributed by atoms with Crippen LogP contribution < -0.4 is 5.84 Å². The minimum Gasteiger partial charge on any atom is -0.336 e. The van der Waals surface area contributed by atoms with Gasteiger partial charge >= 0.3 is 0 Å². The SMILES string of the molecule is Nn1c(SCc2cccc(F)c2)nnc1C1CCCCC1. The van der Waals surface area contributed by atoms with Crippen LogP contribution in [0.2, 0.25) is 0 Å². The second-order valence-corrected chi connectivity index (χ2v) is 6.41. The van der Waals surface area contributed by atoms with Gasteiger partial charge < -0.3 is 5.84 Å². The van der Waals surface area contributed by atoms with Crippen LogP contribution in [-0.2, 0) is 5.75 Å². The molecule has 4 nitrogen and oxygen atoms in total. The molecule has 1 aliphatic carbocycles. The molecular formula is C15H19FN4S. The van der Waals surface area contributed by atoms with Crippen LogP contribution in [0.4, 0.5) is 4.39 Å².